The molecule has 7 heteroatoms. The molecular weight excluding hydrogens is 294 g/mol. The summed E-state index contributed by atoms with van der Waals surface area (Å²) in [6.45, 7) is 3.40. The van der Waals surface area contributed by atoms with Crippen LogP contribution < -0.4 is 5.32 Å². The van der Waals surface area contributed by atoms with Gasteiger partial charge in [-0.3, -0.25) is 9.48 Å². The van der Waals surface area contributed by atoms with E-state index >= 15 is 0 Å². The molecule has 7 nitrogen and oxygen atoms in total. The van der Waals surface area contributed by atoms with Crippen LogP contribution >= 0.6 is 0 Å². The van der Waals surface area contributed by atoms with Gasteiger partial charge < -0.3 is 10.1 Å². The van der Waals surface area contributed by atoms with Crippen molar-refractivity contribution >= 4 is 5.91 Å². The maximum Gasteiger partial charge on any atom is 0.241 e. The molecule has 1 amide bonds. The monoisotopic (exact) mass is 315 g/mol. The van der Waals surface area contributed by atoms with E-state index in [1.807, 2.05) is 6.92 Å². The second kappa shape index (κ2) is 6.87. The molecule has 2 aromatic heterocycles. The number of nitrogens with zero attached hydrogens (tertiary/aromatic N) is 4. The summed E-state index contributed by atoms with van der Waals surface area (Å²) < 4.78 is 7.42. The van der Waals surface area contributed by atoms with E-state index < -0.39 is 0 Å². The van der Waals surface area contributed by atoms with Gasteiger partial charge in [0.15, 0.2) is 5.82 Å². The number of hydrogen-bond donors (Lipinski definition) is 1. The predicted molar refractivity (Wildman–Crippen MR) is 83.3 cm³/mol. The number of ether oxygens (including phenoxy) is 1. The highest BCUT2D eigenvalue weighted by atomic mass is 16.5. The molecule has 1 saturated heterocycles. The van der Waals surface area contributed by atoms with Crippen LogP contribution in [0.15, 0.2) is 30.9 Å². The number of nitrogens with one attached hydrogen (secondary N) is 1. The zero-order valence-corrected chi connectivity index (χ0v) is 13.2. The number of amides is 1. The smallest absolute Gasteiger partial charge is 0.241 e. The Labute approximate surface area is 135 Å². The van der Waals surface area contributed by atoms with Crippen molar-refractivity contribution in [3.63, 3.8) is 0 Å². The van der Waals surface area contributed by atoms with Crippen LogP contribution in [0.1, 0.15) is 37.6 Å². The van der Waals surface area contributed by atoms with E-state index in [-0.39, 0.29) is 18.1 Å². The highest BCUT2D eigenvalue weighted by Gasteiger charge is 2.32. The van der Waals surface area contributed by atoms with Crippen molar-refractivity contribution < 1.29 is 9.53 Å². The second-order valence-corrected chi connectivity index (χ2v) is 5.93. The van der Waals surface area contributed by atoms with Crippen LogP contribution in [0, 0.1) is 0 Å². The topological polar surface area (TPSA) is 81.9 Å². The molecule has 2 aromatic rings. The Morgan fingerprint density at radius 2 is 2.22 bits per heavy atom. The molecule has 0 aliphatic carbocycles. The Bertz CT molecular complexity index is 633. The molecule has 0 saturated carbocycles. The number of carbonyl (C=O) groups is 1. The summed E-state index contributed by atoms with van der Waals surface area (Å²) in [5, 5.41) is 6.83. The minimum absolute atomic E-state index is 0.0969. The second-order valence-electron chi connectivity index (χ2n) is 5.93. The van der Waals surface area contributed by atoms with Gasteiger partial charge >= 0.3 is 0 Å². The predicted octanol–water partition coefficient (Wildman–Crippen LogP) is 1.41. The molecule has 122 valence electrons. The Balaban J connectivity index is 1.54. The first kappa shape index (κ1) is 15.6. The van der Waals surface area contributed by atoms with Crippen LogP contribution in [0.25, 0.3) is 0 Å². The Hall–Kier alpha value is -2.28. The normalized spacial score (nSPS) is 21.1. The summed E-state index contributed by atoms with van der Waals surface area (Å²) in [6, 6.07) is 1.79. The summed E-state index contributed by atoms with van der Waals surface area (Å²) >= 11 is 0. The van der Waals surface area contributed by atoms with E-state index in [1.165, 1.54) is 0 Å². The summed E-state index contributed by atoms with van der Waals surface area (Å²) in [7, 11) is 0. The zero-order valence-electron chi connectivity index (χ0n) is 13.2. The Morgan fingerprint density at radius 1 is 1.39 bits per heavy atom. The lowest BCUT2D eigenvalue weighted by Gasteiger charge is -2.32. The van der Waals surface area contributed by atoms with Crippen LogP contribution in [0.3, 0.4) is 0 Å². The molecule has 3 rings (SSSR count). The van der Waals surface area contributed by atoms with Crippen LogP contribution in [0.4, 0.5) is 0 Å². The molecule has 0 aromatic carbocycles. The van der Waals surface area contributed by atoms with Crippen molar-refractivity contribution in [1.82, 2.24) is 25.1 Å². The van der Waals surface area contributed by atoms with E-state index in [1.54, 1.807) is 35.5 Å². The first-order valence-electron chi connectivity index (χ1n) is 7.85. The average molecular weight is 315 g/mol. The molecule has 0 spiro atoms. The van der Waals surface area contributed by atoms with Crippen LogP contribution in [-0.2, 0) is 28.2 Å². The molecule has 1 atom stereocenters. The van der Waals surface area contributed by atoms with Gasteiger partial charge in [-0.25, -0.2) is 9.97 Å². The van der Waals surface area contributed by atoms with Crippen LogP contribution in [0.5, 0.6) is 0 Å². The van der Waals surface area contributed by atoms with Gasteiger partial charge in [0.05, 0.1) is 0 Å². The standard InChI is InChI=1S/C16H21N5O2/c1-16(5-2-3-8-23-16)15-18-10-13(11-19-15)9-17-14(22)12-21-7-4-6-20-21/h4,6-7,10-11H,2-3,5,8-9,12H2,1H3,(H,17,22)/t16-/m1/s1. The molecule has 1 N–H and O–H groups in total. The fraction of sp³-hybridized carbons (Fsp3) is 0.500. The molecular formula is C16H21N5O2. The Morgan fingerprint density at radius 3 is 2.87 bits per heavy atom. The van der Waals surface area contributed by atoms with Gasteiger partial charge in [0, 0.05) is 43.5 Å². The molecule has 23 heavy (non-hydrogen) atoms. The van der Waals surface area contributed by atoms with E-state index in [4.69, 9.17) is 4.74 Å². The third kappa shape index (κ3) is 3.92. The van der Waals surface area contributed by atoms with Crippen LogP contribution in [-0.4, -0.2) is 32.3 Å². The molecule has 1 aliphatic heterocycles. The molecule has 0 radical (unpaired) electrons. The SMILES string of the molecule is C[C@]1(c2ncc(CNC(=O)Cn3cccn3)cn2)CCCCO1. The lowest BCUT2D eigenvalue weighted by Crippen LogP contribution is -2.32. The lowest BCUT2D eigenvalue weighted by molar-refractivity contribution is -0.122. The van der Waals surface area contributed by atoms with E-state index in [2.05, 4.69) is 20.4 Å². The van der Waals surface area contributed by atoms with E-state index in [9.17, 15) is 4.79 Å². The molecule has 0 bridgehead atoms. The van der Waals surface area contributed by atoms with E-state index in [0.717, 1.165) is 31.4 Å². The van der Waals surface area contributed by atoms with Gasteiger partial charge in [-0.15, -0.1) is 0 Å². The number of hydrogen-bond acceptors (Lipinski definition) is 5. The van der Waals surface area contributed by atoms with Crippen molar-refractivity contribution in [3.8, 4) is 0 Å². The first-order chi connectivity index (χ1) is 11.2. The molecule has 1 fully saturated rings. The maximum absolute atomic E-state index is 11.8. The Kier molecular flexibility index (Phi) is 4.66. The third-order valence-electron chi connectivity index (χ3n) is 4.00. The number of rotatable bonds is 5. The fourth-order valence-corrected chi connectivity index (χ4v) is 2.63. The van der Waals surface area contributed by atoms with Crippen molar-refractivity contribution in [2.24, 2.45) is 0 Å². The van der Waals surface area contributed by atoms with Gasteiger partial charge in [0.2, 0.25) is 5.91 Å². The average Bonchev–Trinajstić information content (AvgIpc) is 3.07. The summed E-state index contributed by atoms with van der Waals surface area (Å²) in [5.41, 5.74) is 0.474. The van der Waals surface area contributed by atoms with Crippen molar-refractivity contribution in [2.45, 2.75) is 44.9 Å². The molecule has 1 aliphatic rings. The van der Waals surface area contributed by atoms with Gasteiger partial charge in [-0.1, -0.05) is 0 Å². The highest BCUT2D eigenvalue weighted by molar-refractivity contribution is 5.75. The maximum atomic E-state index is 11.8. The molecule has 3 heterocycles. The van der Waals surface area contributed by atoms with Gasteiger partial charge in [0.1, 0.15) is 12.1 Å². The fourth-order valence-electron chi connectivity index (χ4n) is 2.63. The van der Waals surface area contributed by atoms with Gasteiger partial charge in [0.25, 0.3) is 0 Å². The highest BCUT2D eigenvalue weighted by Crippen LogP contribution is 2.32. The van der Waals surface area contributed by atoms with Crippen molar-refractivity contribution in [2.75, 3.05) is 6.61 Å². The third-order valence-corrected chi connectivity index (χ3v) is 4.00. The van der Waals surface area contributed by atoms with Gasteiger partial charge in [-0.2, -0.15) is 5.10 Å². The lowest BCUT2D eigenvalue weighted by atomic mass is 9.95. The minimum Gasteiger partial charge on any atom is -0.367 e. The molecule has 0 unspecified atom stereocenters. The quantitative estimate of drug-likeness (QED) is 0.902. The minimum atomic E-state index is -0.389. The zero-order chi connectivity index (χ0) is 16.1. The van der Waals surface area contributed by atoms with Crippen molar-refractivity contribution in [1.29, 1.82) is 0 Å². The first-order valence-corrected chi connectivity index (χ1v) is 7.85. The van der Waals surface area contributed by atoms with Crippen molar-refractivity contribution in [3.05, 3.63) is 42.2 Å². The summed E-state index contributed by atoms with van der Waals surface area (Å²) in [6.07, 6.45) is 10.1. The summed E-state index contributed by atoms with van der Waals surface area (Å²) in [5.74, 6) is 0.615. The van der Waals surface area contributed by atoms with Crippen LogP contribution in [0.2, 0.25) is 0 Å². The number of aromatic nitrogens is 4. The largest absolute Gasteiger partial charge is 0.367 e. The van der Waals surface area contributed by atoms with Gasteiger partial charge in [-0.05, 0) is 32.3 Å². The number of carbonyl (C=O) groups excluding carboxylic acids is 1. The van der Waals surface area contributed by atoms with E-state index in [0.29, 0.717) is 12.4 Å². The summed E-state index contributed by atoms with van der Waals surface area (Å²) in [4.78, 5) is 20.7.